The molecule has 2 aliphatic rings. The predicted octanol–water partition coefficient (Wildman–Crippen LogP) is 0.256. The fourth-order valence-corrected chi connectivity index (χ4v) is 2.30. The standard InChI is InChI=1S/C13H23N3O2/c1-10(9-16-8-2-3-13(16)18)15-12(17)6-7-14-11-4-5-11/h10-11,14H,2-9H2,1H3,(H,15,17). The Balaban J connectivity index is 1.58. The average molecular weight is 253 g/mol. The van der Waals surface area contributed by atoms with Gasteiger partial charge < -0.3 is 15.5 Å². The zero-order valence-corrected chi connectivity index (χ0v) is 11.1. The fraction of sp³-hybridized carbons (Fsp3) is 0.846. The number of rotatable bonds is 7. The SMILES string of the molecule is CC(CN1CCCC1=O)NC(=O)CCNC1CC1. The van der Waals surface area contributed by atoms with Gasteiger partial charge in [-0.3, -0.25) is 9.59 Å². The van der Waals surface area contributed by atoms with Crippen molar-refractivity contribution in [2.45, 2.75) is 51.1 Å². The molecule has 0 spiro atoms. The Morgan fingerprint density at radius 2 is 2.28 bits per heavy atom. The second kappa shape index (κ2) is 6.18. The number of likely N-dealkylation sites (tertiary alicyclic amines) is 1. The number of carbonyl (C=O) groups excluding carboxylic acids is 2. The van der Waals surface area contributed by atoms with Crippen molar-refractivity contribution in [2.24, 2.45) is 0 Å². The van der Waals surface area contributed by atoms with Crippen LogP contribution in [-0.4, -0.2) is 48.4 Å². The monoisotopic (exact) mass is 253 g/mol. The van der Waals surface area contributed by atoms with Crippen LogP contribution in [0.25, 0.3) is 0 Å². The Hall–Kier alpha value is -1.10. The molecule has 0 aromatic carbocycles. The first-order valence-corrected chi connectivity index (χ1v) is 6.95. The first kappa shape index (κ1) is 13.3. The van der Waals surface area contributed by atoms with Crippen LogP contribution in [0.4, 0.5) is 0 Å². The summed E-state index contributed by atoms with van der Waals surface area (Å²) in [6, 6.07) is 0.693. The minimum atomic E-state index is 0.0421. The van der Waals surface area contributed by atoms with Crippen LogP contribution < -0.4 is 10.6 Å². The summed E-state index contributed by atoms with van der Waals surface area (Å²) in [4.78, 5) is 24.9. The first-order chi connectivity index (χ1) is 8.65. The normalized spacial score (nSPS) is 21.2. The Morgan fingerprint density at radius 1 is 1.50 bits per heavy atom. The molecule has 1 heterocycles. The highest BCUT2D eigenvalue weighted by Gasteiger charge is 2.23. The minimum Gasteiger partial charge on any atom is -0.352 e. The lowest BCUT2D eigenvalue weighted by Crippen LogP contribution is -2.43. The molecule has 2 amide bonds. The van der Waals surface area contributed by atoms with Crippen LogP contribution in [0.5, 0.6) is 0 Å². The summed E-state index contributed by atoms with van der Waals surface area (Å²) in [5.74, 6) is 0.286. The second-order valence-electron chi connectivity index (χ2n) is 5.39. The molecule has 1 saturated carbocycles. The van der Waals surface area contributed by atoms with E-state index in [1.54, 1.807) is 0 Å². The Bertz CT molecular complexity index is 315. The Kier molecular flexibility index (Phi) is 4.58. The molecule has 2 rings (SSSR count). The number of hydrogen-bond acceptors (Lipinski definition) is 3. The van der Waals surface area contributed by atoms with E-state index in [1.165, 1.54) is 12.8 Å². The maximum absolute atomic E-state index is 11.7. The number of nitrogens with one attached hydrogen (secondary N) is 2. The second-order valence-corrected chi connectivity index (χ2v) is 5.39. The summed E-state index contributed by atoms with van der Waals surface area (Å²) < 4.78 is 0. The molecule has 1 atom stereocenters. The van der Waals surface area contributed by atoms with E-state index < -0.39 is 0 Å². The maximum atomic E-state index is 11.7. The van der Waals surface area contributed by atoms with Crippen LogP contribution >= 0.6 is 0 Å². The molecule has 1 saturated heterocycles. The zero-order chi connectivity index (χ0) is 13.0. The van der Waals surface area contributed by atoms with Gasteiger partial charge in [0.1, 0.15) is 0 Å². The number of nitrogens with zero attached hydrogens (tertiary/aromatic N) is 1. The lowest BCUT2D eigenvalue weighted by molar-refractivity contribution is -0.129. The quantitative estimate of drug-likeness (QED) is 0.684. The summed E-state index contributed by atoms with van der Waals surface area (Å²) in [7, 11) is 0. The third-order valence-electron chi connectivity index (χ3n) is 3.44. The van der Waals surface area contributed by atoms with Crippen LogP contribution in [0.15, 0.2) is 0 Å². The number of carbonyl (C=O) groups is 2. The van der Waals surface area contributed by atoms with E-state index in [0.29, 0.717) is 25.4 Å². The van der Waals surface area contributed by atoms with Gasteiger partial charge >= 0.3 is 0 Å². The van der Waals surface area contributed by atoms with Gasteiger partial charge in [0.25, 0.3) is 0 Å². The van der Waals surface area contributed by atoms with Gasteiger partial charge in [-0.25, -0.2) is 0 Å². The first-order valence-electron chi connectivity index (χ1n) is 6.95. The molecule has 5 nitrogen and oxygen atoms in total. The molecular weight excluding hydrogens is 230 g/mol. The molecule has 0 radical (unpaired) electrons. The molecular formula is C13H23N3O2. The van der Waals surface area contributed by atoms with Gasteiger partial charge in [0.05, 0.1) is 0 Å². The van der Waals surface area contributed by atoms with Crippen molar-refractivity contribution in [2.75, 3.05) is 19.6 Å². The largest absolute Gasteiger partial charge is 0.352 e. The maximum Gasteiger partial charge on any atom is 0.222 e. The van der Waals surface area contributed by atoms with Gasteiger partial charge in [-0.15, -0.1) is 0 Å². The number of hydrogen-bond donors (Lipinski definition) is 2. The van der Waals surface area contributed by atoms with Gasteiger partial charge in [-0.05, 0) is 26.2 Å². The molecule has 2 fully saturated rings. The predicted molar refractivity (Wildman–Crippen MR) is 69.1 cm³/mol. The summed E-state index contributed by atoms with van der Waals surface area (Å²) in [6.07, 6.45) is 4.62. The van der Waals surface area contributed by atoms with E-state index in [0.717, 1.165) is 19.5 Å². The fourth-order valence-electron chi connectivity index (χ4n) is 2.30. The lowest BCUT2D eigenvalue weighted by atomic mass is 10.3. The van der Waals surface area contributed by atoms with Gasteiger partial charge in [-0.1, -0.05) is 0 Å². The van der Waals surface area contributed by atoms with Crippen molar-refractivity contribution in [3.63, 3.8) is 0 Å². The van der Waals surface area contributed by atoms with E-state index in [-0.39, 0.29) is 17.9 Å². The van der Waals surface area contributed by atoms with Crippen molar-refractivity contribution < 1.29 is 9.59 Å². The molecule has 2 N–H and O–H groups in total. The molecule has 0 bridgehead atoms. The molecule has 1 unspecified atom stereocenters. The smallest absolute Gasteiger partial charge is 0.222 e. The van der Waals surface area contributed by atoms with E-state index in [9.17, 15) is 9.59 Å². The summed E-state index contributed by atoms with van der Waals surface area (Å²) in [5, 5.41) is 6.26. The molecule has 0 aromatic heterocycles. The topological polar surface area (TPSA) is 61.4 Å². The molecule has 1 aliphatic heterocycles. The van der Waals surface area contributed by atoms with Crippen molar-refractivity contribution in [1.29, 1.82) is 0 Å². The highest BCUT2D eigenvalue weighted by atomic mass is 16.2. The summed E-state index contributed by atoms with van der Waals surface area (Å²) in [5.41, 5.74) is 0. The molecule has 5 heteroatoms. The van der Waals surface area contributed by atoms with Crippen LogP contribution in [-0.2, 0) is 9.59 Å². The van der Waals surface area contributed by atoms with E-state index in [2.05, 4.69) is 10.6 Å². The van der Waals surface area contributed by atoms with Crippen molar-refractivity contribution in [3.8, 4) is 0 Å². The van der Waals surface area contributed by atoms with E-state index in [1.807, 2.05) is 11.8 Å². The summed E-state index contributed by atoms with van der Waals surface area (Å²) >= 11 is 0. The van der Waals surface area contributed by atoms with Crippen LogP contribution in [0.1, 0.15) is 39.0 Å². The highest BCUT2D eigenvalue weighted by Crippen LogP contribution is 2.18. The summed E-state index contributed by atoms with van der Waals surface area (Å²) in [6.45, 7) is 4.19. The van der Waals surface area contributed by atoms with Crippen molar-refractivity contribution >= 4 is 11.8 Å². The Labute approximate surface area is 108 Å². The van der Waals surface area contributed by atoms with E-state index >= 15 is 0 Å². The zero-order valence-electron chi connectivity index (χ0n) is 11.1. The molecule has 102 valence electrons. The van der Waals surface area contributed by atoms with Crippen molar-refractivity contribution in [3.05, 3.63) is 0 Å². The van der Waals surface area contributed by atoms with E-state index in [4.69, 9.17) is 0 Å². The van der Waals surface area contributed by atoms with Crippen LogP contribution in [0.3, 0.4) is 0 Å². The van der Waals surface area contributed by atoms with Gasteiger partial charge in [0, 0.05) is 44.6 Å². The Morgan fingerprint density at radius 3 is 2.89 bits per heavy atom. The highest BCUT2D eigenvalue weighted by molar-refractivity contribution is 5.78. The van der Waals surface area contributed by atoms with Gasteiger partial charge in [0.2, 0.25) is 11.8 Å². The van der Waals surface area contributed by atoms with Gasteiger partial charge in [0.15, 0.2) is 0 Å². The minimum absolute atomic E-state index is 0.0421. The molecule has 0 aromatic rings. The van der Waals surface area contributed by atoms with Gasteiger partial charge in [-0.2, -0.15) is 0 Å². The average Bonchev–Trinajstić information content (AvgIpc) is 3.04. The third-order valence-corrected chi connectivity index (χ3v) is 3.44. The molecule has 1 aliphatic carbocycles. The number of amides is 2. The third kappa shape index (κ3) is 4.29. The van der Waals surface area contributed by atoms with Crippen LogP contribution in [0, 0.1) is 0 Å². The van der Waals surface area contributed by atoms with Crippen LogP contribution in [0.2, 0.25) is 0 Å². The van der Waals surface area contributed by atoms with Crippen molar-refractivity contribution in [1.82, 2.24) is 15.5 Å². The molecule has 18 heavy (non-hydrogen) atoms. The lowest BCUT2D eigenvalue weighted by Gasteiger charge is -2.21.